The number of hydrogen-bond donors (Lipinski definition) is 2. The average Bonchev–Trinajstić information content (AvgIpc) is 3.83. The molecule has 3 fully saturated rings. The third-order valence-electron chi connectivity index (χ3n) is 11.3. The van der Waals surface area contributed by atoms with E-state index in [4.69, 9.17) is 32.7 Å². The maximum absolute atomic E-state index is 15.5. The second kappa shape index (κ2) is 14.0. The fraction of sp³-hybridized carbons (Fsp3) is 0.282. The summed E-state index contributed by atoms with van der Waals surface area (Å²) in [6, 6.07) is 17.1. The van der Waals surface area contributed by atoms with Crippen molar-refractivity contribution < 1.29 is 33.8 Å². The van der Waals surface area contributed by atoms with Gasteiger partial charge in [-0.2, -0.15) is 5.01 Å². The number of allylic oxidation sites excluding steroid dienone is 2. The van der Waals surface area contributed by atoms with Crippen LogP contribution in [0.4, 0.5) is 5.69 Å². The number of thiophene rings is 1. The van der Waals surface area contributed by atoms with Crippen molar-refractivity contribution in [1.82, 2.24) is 9.91 Å². The fourth-order valence-corrected chi connectivity index (χ4v) is 11.0. The molecule has 6 atom stereocenters. The van der Waals surface area contributed by atoms with Gasteiger partial charge in [0, 0.05) is 20.3 Å². The van der Waals surface area contributed by atoms with E-state index in [2.05, 4.69) is 37.3 Å². The first-order valence-electron chi connectivity index (χ1n) is 17.0. The highest BCUT2D eigenvalue weighted by atomic mass is 79.9. The van der Waals surface area contributed by atoms with E-state index in [0.29, 0.717) is 26.4 Å². The van der Waals surface area contributed by atoms with Gasteiger partial charge < -0.3 is 14.6 Å². The van der Waals surface area contributed by atoms with Crippen LogP contribution in [0.5, 0.6) is 17.2 Å². The minimum atomic E-state index is -1.60. The summed E-state index contributed by atoms with van der Waals surface area (Å²) >= 11 is 21.5. The van der Waals surface area contributed by atoms with E-state index < -0.39 is 46.8 Å². The SMILES string of the molecule is COc1ccc(C23C(=O)N(Nc4ccc(Cl)cc4Cl)C(=O)C2CC2C(=CCC4C(=O)N(Cc5cccs5)C(=O)C42)C3c2cc(OC)c(O)c(Br)c2Br)cc1. The lowest BCUT2D eigenvalue weighted by Crippen LogP contribution is -2.53. The molecule has 0 radical (unpaired) electrons. The quantitative estimate of drug-likeness (QED) is 0.133. The summed E-state index contributed by atoms with van der Waals surface area (Å²) < 4.78 is 11.8. The van der Waals surface area contributed by atoms with Gasteiger partial charge in [-0.05, 0) is 110 Å². The van der Waals surface area contributed by atoms with E-state index in [1.54, 1.807) is 42.5 Å². The van der Waals surface area contributed by atoms with E-state index >= 15 is 9.59 Å². The maximum Gasteiger partial charge on any atom is 0.260 e. The lowest BCUT2D eigenvalue weighted by Gasteiger charge is -2.51. The number of phenols is 1. The van der Waals surface area contributed by atoms with Gasteiger partial charge in [0.25, 0.3) is 11.8 Å². The zero-order valence-electron chi connectivity index (χ0n) is 28.6. The van der Waals surface area contributed by atoms with Crippen LogP contribution in [0.2, 0.25) is 10.0 Å². The second-order valence-electron chi connectivity index (χ2n) is 13.7. The lowest BCUT2D eigenvalue weighted by atomic mass is 9.49. The van der Waals surface area contributed by atoms with Gasteiger partial charge in [0.15, 0.2) is 11.5 Å². The van der Waals surface area contributed by atoms with Crippen LogP contribution in [0.15, 0.2) is 86.6 Å². The Kier molecular flexibility index (Phi) is 9.61. The Morgan fingerprint density at radius 1 is 0.944 bits per heavy atom. The highest BCUT2D eigenvalue weighted by Gasteiger charge is 2.70. The van der Waals surface area contributed by atoms with Crippen LogP contribution in [0.25, 0.3) is 0 Å². The number of benzene rings is 3. The van der Waals surface area contributed by atoms with Gasteiger partial charge in [-0.1, -0.05) is 53.1 Å². The van der Waals surface area contributed by atoms with Crippen LogP contribution in [0.1, 0.15) is 34.8 Å². The topological polar surface area (TPSA) is 125 Å². The second-order valence-corrected chi connectivity index (χ2v) is 17.2. The van der Waals surface area contributed by atoms with Crippen molar-refractivity contribution in [2.75, 3.05) is 19.6 Å². The first-order valence-corrected chi connectivity index (χ1v) is 20.2. The zero-order chi connectivity index (χ0) is 38.2. The van der Waals surface area contributed by atoms with Crippen LogP contribution in [0, 0.1) is 23.7 Å². The molecule has 2 N–H and O–H groups in total. The molecule has 8 rings (SSSR count). The molecule has 0 bridgehead atoms. The number of halogens is 4. The monoisotopic (exact) mass is 913 g/mol. The Balaban J connectivity index is 1.36. The summed E-state index contributed by atoms with van der Waals surface area (Å²) in [4.78, 5) is 61.2. The van der Waals surface area contributed by atoms with Gasteiger partial charge in [0.1, 0.15) is 5.75 Å². The fourth-order valence-electron chi connectivity index (χ4n) is 8.94. The molecule has 2 aliphatic heterocycles. The van der Waals surface area contributed by atoms with Crippen molar-refractivity contribution in [1.29, 1.82) is 0 Å². The molecule has 2 saturated heterocycles. The van der Waals surface area contributed by atoms with Crippen molar-refractivity contribution >= 4 is 95.7 Å². The molecular weight excluding hydrogens is 885 g/mol. The Bertz CT molecular complexity index is 2270. The summed E-state index contributed by atoms with van der Waals surface area (Å²) in [5.74, 6) is -5.00. The standard InChI is InChI=1S/C39H31Br2Cl2N3O7S/c1-52-20-8-5-18(6-9-20)39-26(36(49)46(38(39)51)44-28-12-7-19(42)14-27(28)43)15-24-22(31(39)25-16-29(53-2)34(47)33(41)32(25)40)10-11-23-30(24)37(50)45(35(23)48)17-21-4-3-13-54-21/h3-10,12-14,16,23-24,26,30-31,44,47H,11,15,17H2,1-2H3. The van der Waals surface area contributed by atoms with Crippen molar-refractivity contribution in [3.63, 3.8) is 0 Å². The molecule has 2 aliphatic carbocycles. The summed E-state index contributed by atoms with van der Waals surface area (Å²) in [6.45, 7) is 0.164. The molecule has 54 heavy (non-hydrogen) atoms. The number of nitrogens with one attached hydrogen (secondary N) is 1. The number of amides is 4. The molecule has 6 unspecified atom stereocenters. The number of hydrogen-bond acceptors (Lipinski definition) is 9. The molecule has 3 heterocycles. The minimum absolute atomic E-state index is 0.104. The van der Waals surface area contributed by atoms with E-state index in [-0.39, 0.29) is 57.9 Å². The minimum Gasteiger partial charge on any atom is -0.503 e. The molecule has 3 aromatic carbocycles. The smallest absolute Gasteiger partial charge is 0.260 e. The van der Waals surface area contributed by atoms with E-state index in [1.165, 1.54) is 36.5 Å². The Hall–Kier alpha value is -3.88. The molecule has 15 heteroatoms. The molecule has 1 saturated carbocycles. The van der Waals surface area contributed by atoms with Crippen LogP contribution < -0.4 is 14.9 Å². The largest absolute Gasteiger partial charge is 0.503 e. The number of imide groups is 2. The van der Waals surface area contributed by atoms with Gasteiger partial charge in [-0.25, -0.2) is 0 Å². The Labute approximate surface area is 341 Å². The number of likely N-dealkylation sites (tertiary alicyclic amines) is 1. The predicted octanol–water partition coefficient (Wildman–Crippen LogP) is 8.49. The first-order chi connectivity index (χ1) is 25.9. The number of aromatic hydroxyl groups is 1. The molecule has 10 nitrogen and oxygen atoms in total. The third-order valence-corrected chi connectivity index (χ3v) is 14.8. The molecule has 4 amide bonds. The van der Waals surface area contributed by atoms with Gasteiger partial charge in [0.2, 0.25) is 11.8 Å². The van der Waals surface area contributed by atoms with Crippen molar-refractivity contribution in [3.05, 3.63) is 113 Å². The highest BCUT2D eigenvalue weighted by Crippen LogP contribution is 2.65. The Morgan fingerprint density at radius 2 is 1.70 bits per heavy atom. The van der Waals surface area contributed by atoms with Crippen molar-refractivity contribution in [2.45, 2.75) is 30.7 Å². The molecule has 4 aliphatic rings. The number of ether oxygens (including phenoxy) is 2. The summed E-state index contributed by atoms with van der Waals surface area (Å²) in [6.07, 6.45) is 2.34. The highest BCUT2D eigenvalue weighted by molar-refractivity contribution is 9.13. The van der Waals surface area contributed by atoms with Crippen LogP contribution in [0.3, 0.4) is 0 Å². The van der Waals surface area contributed by atoms with E-state index in [1.807, 2.05) is 23.6 Å². The molecule has 0 spiro atoms. The summed E-state index contributed by atoms with van der Waals surface area (Å²) in [5.41, 5.74) is 3.50. The summed E-state index contributed by atoms with van der Waals surface area (Å²) in [7, 11) is 2.96. The number of phenolic OH excluding ortho intramolecular Hbond substituents is 1. The Morgan fingerprint density at radius 3 is 2.37 bits per heavy atom. The van der Waals surface area contributed by atoms with Gasteiger partial charge in [-0.3, -0.25) is 29.5 Å². The van der Waals surface area contributed by atoms with Crippen LogP contribution in [-0.4, -0.2) is 52.9 Å². The zero-order valence-corrected chi connectivity index (χ0v) is 34.1. The maximum atomic E-state index is 15.5. The van der Waals surface area contributed by atoms with Crippen LogP contribution in [-0.2, 0) is 31.1 Å². The number of nitrogens with zero attached hydrogens (tertiary/aromatic N) is 2. The van der Waals surface area contributed by atoms with Crippen molar-refractivity contribution in [3.8, 4) is 17.2 Å². The predicted molar refractivity (Wildman–Crippen MR) is 211 cm³/mol. The number of hydrazine groups is 1. The third kappa shape index (κ3) is 5.52. The lowest BCUT2D eigenvalue weighted by molar-refractivity contribution is -0.141. The average molecular weight is 916 g/mol. The number of fused-ring (bicyclic) bond motifs is 4. The van der Waals surface area contributed by atoms with Crippen molar-refractivity contribution in [2.24, 2.45) is 23.7 Å². The number of rotatable bonds is 8. The molecular formula is C39H31Br2Cl2N3O7S. The first kappa shape index (κ1) is 37.1. The number of carbonyl (C=O) groups excluding carboxylic acids is 4. The van der Waals surface area contributed by atoms with Gasteiger partial charge in [0.05, 0.1) is 59.1 Å². The number of anilines is 1. The summed E-state index contributed by atoms with van der Waals surface area (Å²) in [5, 5.41) is 14.5. The molecule has 278 valence electrons. The number of methoxy groups -OCH3 is 2. The van der Waals surface area contributed by atoms with Gasteiger partial charge >= 0.3 is 0 Å². The molecule has 4 aromatic rings. The van der Waals surface area contributed by atoms with Crippen LogP contribution >= 0.6 is 66.4 Å². The molecule has 1 aromatic heterocycles. The normalized spacial score (nSPS) is 26.0. The van der Waals surface area contributed by atoms with E-state index in [0.717, 1.165) is 15.5 Å². The van der Waals surface area contributed by atoms with E-state index in [9.17, 15) is 14.7 Å². The number of carbonyl (C=O) groups is 4. The van der Waals surface area contributed by atoms with Gasteiger partial charge in [-0.15, -0.1) is 11.3 Å².